The van der Waals surface area contributed by atoms with E-state index in [1.165, 1.54) is 33.5 Å². The Hall–Kier alpha value is -3.55. The van der Waals surface area contributed by atoms with E-state index in [0.717, 1.165) is 5.56 Å². The van der Waals surface area contributed by atoms with Gasteiger partial charge in [0.2, 0.25) is 11.7 Å². The summed E-state index contributed by atoms with van der Waals surface area (Å²) in [6.07, 6.45) is 0.0457. The van der Waals surface area contributed by atoms with E-state index in [0.29, 0.717) is 5.75 Å². The SMILES string of the molecule is COc1ccc(C(=O)OCC(=O)NC(=O)Cc2ccccc2)c(OC)c1OC. The second-order valence-electron chi connectivity index (χ2n) is 5.59. The van der Waals surface area contributed by atoms with Crippen LogP contribution >= 0.6 is 0 Å². The first-order chi connectivity index (χ1) is 13.5. The molecule has 0 saturated carbocycles. The van der Waals surface area contributed by atoms with Crippen molar-refractivity contribution in [2.75, 3.05) is 27.9 Å². The fourth-order valence-corrected chi connectivity index (χ4v) is 2.49. The van der Waals surface area contributed by atoms with E-state index in [-0.39, 0.29) is 23.5 Å². The maximum Gasteiger partial charge on any atom is 0.342 e. The lowest BCUT2D eigenvalue weighted by molar-refractivity contribution is -0.132. The predicted molar refractivity (Wildman–Crippen MR) is 99.7 cm³/mol. The van der Waals surface area contributed by atoms with Gasteiger partial charge in [0.15, 0.2) is 18.1 Å². The zero-order chi connectivity index (χ0) is 20.5. The van der Waals surface area contributed by atoms with E-state index >= 15 is 0 Å². The molecule has 0 saturated heterocycles. The number of rotatable bonds is 8. The molecule has 0 fully saturated rings. The number of imide groups is 1. The molecule has 0 aliphatic carbocycles. The van der Waals surface area contributed by atoms with Crippen LogP contribution in [0.4, 0.5) is 0 Å². The number of amides is 2. The number of ether oxygens (including phenoxy) is 4. The molecule has 0 radical (unpaired) electrons. The lowest BCUT2D eigenvalue weighted by Crippen LogP contribution is -2.35. The highest BCUT2D eigenvalue weighted by Gasteiger charge is 2.22. The summed E-state index contributed by atoms with van der Waals surface area (Å²) in [5, 5.41) is 2.17. The first-order valence-corrected chi connectivity index (χ1v) is 8.32. The molecule has 0 aliphatic heterocycles. The summed E-state index contributed by atoms with van der Waals surface area (Å²) < 4.78 is 20.5. The summed E-state index contributed by atoms with van der Waals surface area (Å²) in [6, 6.07) is 11.9. The van der Waals surface area contributed by atoms with Crippen LogP contribution in [0.3, 0.4) is 0 Å². The van der Waals surface area contributed by atoms with Crippen molar-refractivity contribution in [1.29, 1.82) is 0 Å². The number of carbonyl (C=O) groups excluding carboxylic acids is 3. The molecule has 0 atom stereocenters. The number of hydrogen-bond donors (Lipinski definition) is 1. The minimum atomic E-state index is -0.802. The van der Waals surface area contributed by atoms with Crippen LogP contribution < -0.4 is 19.5 Å². The van der Waals surface area contributed by atoms with E-state index in [4.69, 9.17) is 18.9 Å². The normalized spacial score (nSPS) is 9.96. The maximum absolute atomic E-state index is 12.3. The molecule has 0 spiro atoms. The van der Waals surface area contributed by atoms with E-state index in [1.54, 1.807) is 24.3 Å². The van der Waals surface area contributed by atoms with Crippen molar-refractivity contribution in [3.05, 3.63) is 53.6 Å². The molecule has 8 nitrogen and oxygen atoms in total. The molecule has 2 rings (SSSR count). The third-order valence-electron chi connectivity index (χ3n) is 3.74. The lowest BCUT2D eigenvalue weighted by atomic mass is 10.1. The van der Waals surface area contributed by atoms with Gasteiger partial charge in [-0.3, -0.25) is 14.9 Å². The van der Waals surface area contributed by atoms with Crippen LogP contribution in [0.15, 0.2) is 42.5 Å². The van der Waals surface area contributed by atoms with E-state index in [2.05, 4.69) is 5.32 Å². The number of methoxy groups -OCH3 is 3. The van der Waals surface area contributed by atoms with Gasteiger partial charge in [-0.15, -0.1) is 0 Å². The van der Waals surface area contributed by atoms with Gasteiger partial charge in [-0.1, -0.05) is 30.3 Å². The highest BCUT2D eigenvalue weighted by Crippen LogP contribution is 2.39. The van der Waals surface area contributed by atoms with Crippen LogP contribution in [0.1, 0.15) is 15.9 Å². The second kappa shape index (κ2) is 9.96. The van der Waals surface area contributed by atoms with Gasteiger partial charge in [-0.2, -0.15) is 0 Å². The molecule has 0 unspecified atom stereocenters. The molecule has 2 aromatic carbocycles. The standard InChI is InChI=1S/C20H21NO7/c1-25-15-10-9-14(18(26-2)19(15)27-3)20(24)28-12-17(23)21-16(22)11-13-7-5-4-6-8-13/h4-10H,11-12H2,1-3H3,(H,21,22,23). The zero-order valence-electron chi connectivity index (χ0n) is 15.8. The van der Waals surface area contributed by atoms with Crippen molar-refractivity contribution in [2.45, 2.75) is 6.42 Å². The quantitative estimate of drug-likeness (QED) is 0.689. The number of nitrogens with one attached hydrogen (secondary N) is 1. The summed E-state index contributed by atoms with van der Waals surface area (Å²) in [5.74, 6) is -1.30. The maximum atomic E-state index is 12.3. The molecule has 0 aliphatic rings. The molecular weight excluding hydrogens is 366 g/mol. The van der Waals surface area contributed by atoms with Crippen LogP contribution in [0.25, 0.3) is 0 Å². The van der Waals surface area contributed by atoms with Crippen LogP contribution in [0.5, 0.6) is 17.2 Å². The number of esters is 1. The molecular formula is C20H21NO7. The molecule has 2 amide bonds. The second-order valence-corrected chi connectivity index (χ2v) is 5.59. The Bertz CT molecular complexity index is 849. The minimum absolute atomic E-state index is 0.0457. The number of benzene rings is 2. The summed E-state index contributed by atoms with van der Waals surface area (Å²) in [6.45, 7) is -0.614. The van der Waals surface area contributed by atoms with Crippen LogP contribution in [0.2, 0.25) is 0 Å². The monoisotopic (exact) mass is 387 g/mol. The first-order valence-electron chi connectivity index (χ1n) is 8.32. The van der Waals surface area contributed by atoms with Gasteiger partial charge in [-0.25, -0.2) is 4.79 Å². The van der Waals surface area contributed by atoms with Crippen molar-refractivity contribution in [3.8, 4) is 17.2 Å². The Morgan fingerprint density at radius 2 is 1.50 bits per heavy atom. The minimum Gasteiger partial charge on any atom is -0.493 e. The first kappa shape index (κ1) is 20.8. The molecule has 148 valence electrons. The average Bonchev–Trinajstić information content (AvgIpc) is 2.71. The van der Waals surface area contributed by atoms with Gasteiger partial charge in [0.05, 0.1) is 27.8 Å². The van der Waals surface area contributed by atoms with Crippen LogP contribution in [-0.4, -0.2) is 45.7 Å². The van der Waals surface area contributed by atoms with Crippen LogP contribution in [0, 0.1) is 0 Å². The molecule has 28 heavy (non-hydrogen) atoms. The Morgan fingerprint density at radius 3 is 2.11 bits per heavy atom. The fourth-order valence-electron chi connectivity index (χ4n) is 2.49. The topological polar surface area (TPSA) is 100 Å². The summed E-state index contributed by atoms with van der Waals surface area (Å²) in [4.78, 5) is 36.1. The van der Waals surface area contributed by atoms with Crippen molar-refractivity contribution in [2.24, 2.45) is 0 Å². The Balaban J connectivity index is 1.96. The van der Waals surface area contributed by atoms with Crippen molar-refractivity contribution in [3.63, 3.8) is 0 Å². The van der Waals surface area contributed by atoms with Crippen molar-refractivity contribution >= 4 is 17.8 Å². The largest absolute Gasteiger partial charge is 0.493 e. The molecule has 0 heterocycles. The third-order valence-corrected chi connectivity index (χ3v) is 3.74. The highest BCUT2D eigenvalue weighted by molar-refractivity contribution is 5.99. The summed E-state index contributed by atoms with van der Waals surface area (Å²) in [7, 11) is 4.22. The molecule has 2 aromatic rings. The van der Waals surface area contributed by atoms with Crippen molar-refractivity contribution in [1.82, 2.24) is 5.32 Å². The Labute approximate surface area is 162 Å². The molecule has 0 aromatic heterocycles. The van der Waals surface area contributed by atoms with Crippen LogP contribution in [-0.2, 0) is 20.7 Å². The Morgan fingerprint density at radius 1 is 0.821 bits per heavy atom. The van der Waals surface area contributed by atoms with E-state index < -0.39 is 24.4 Å². The Kier molecular flexibility index (Phi) is 7.38. The van der Waals surface area contributed by atoms with Gasteiger partial charge in [0, 0.05) is 0 Å². The molecule has 1 N–H and O–H groups in total. The van der Waals surface area contributed by atoms with E-state index in [9.17, 15) is 14.4 Å². The van der Waals surface area contributed by atoms with Crippen molar-refractivity contribution < 1.29 is 33.3 Å². The predicted octanol–water partition coefficient (Wildman–Crippen LogP) is 1.75. The lowest BCUT2D eigenvalue weighted by Gasteiger charge is -2.15. The highest BCUT2D eigenvalue weighted by atomic mass is 16.5. The zero-order valence-corrected chi connectivity index (χ0v) is 15.8. The van der Waals surface area contributed by atoms with Gasteiger partial charge < -0.3 is 18.9 Å². The number of carbonyl (C=O) groups is 3. The van der Waals surface area contributed by atoms with Gasteiger partial charge >= 0.3 is 5.97 Å². The fraction of sp³-hybridized carbons (Fsp3) is 0.250. The number of hydrogen-bond acceptors (Lipinski definition) is 7. The molecule has 0 bridgehead atoms. The molecule has 8 heteroatoms. The summed E-state index contributed by atoms with van der Waals surface area (Å²) in [5.41, 5.74) is 0.823. The smallest absolute Gasteiger partial charge is 0.342 e. The van der Waals surface area contributed by atoms with Gasteiger partial charge in [0.1, 0.15) is 5.56 Å². The van der Waals surface area contributed by atoms with Gasteiger partial charge in [0.25, 0.3) is 5.91 Å². The summed E-state index contributed by atoms with van der Waals surface area (Å²) >= 11 is 0. The average molecular weight is 387 g/mol. The van der Waals surface area contributed by atoms with Gasteiger partial charge in [-0.05, 0) is 17.7 Å². The third kappa shape index (κ3) is 5.23. The van der Waals surface area contributed by atoms with E-state index in [1.807, 2.05) is 6.07 Å².